The Morgan fingerprint density at radius 2 is 1.31 bits per heavy atom. The van der Waals surface area contributed by atoms with Crippen molar-refractivity contribution < 1.29 is 13.2 Å². The fraction of sp³-hybridized carbons (Fsp3) is 0.256. The van der Waals surface area contributed by atoms with Gasteiger partial charge < -0.3 is 9.80 Å². The first-order valence-corrected chi connectivity index (χ1v) is 19.8. The Morgan fingerprint density at radius 1 is 0.755 bits per heavy atom. The molecule has 2 aliphatic heterocycles. The van der Waals surface area contributed by atoms with Crippen molar-refractivity contribution >= 4 is 43.4 Å². The number of para-hydroxylation sites is 1. The predicted molar refractivity (Wildman–Crippen MR) is 196 cm³/mol. The Bertz CT molecular complexity index is 2060. The summed E-state index contributed by atoms with van der Waals surface area (Å²) >= 11 is 0. The molecule has 0 unspecified atom stereocenters. The SMILES string of the molecule is CS(=O)(=O)N1CCN(C(=O)c2cnc3ccccc3c2N2CCC(C#N)(c3ccc([SH](c4ccccc4)c4ccccc4)cc3)CC2)CC1. The van der Waals surface area contributed by atoms with Crippen molar-refractivity contribution in [3.05, 3.63) is 127 Å². The lowest BCUT2D eigenvalue weighted by molar-refractivity contribution is 0.0698. The fourth-order valence-corrected chi connectivity index (χ4v) is 10.2. The standard InChI is InChI=1S/C39H39N5O3S2/c1-49(46,47)44-26-24-43(25-27-44)38(45)35-28-41-36-15-9-8-14-34(36)37(35)42-22-20-39(29-40,21-23-42)30-16-18-33(19-17-30)48(31-10-4-2-5-11-31)32-12-6-3-7-13-32/h2-19,28,48H,20-27H2,1H3. The third-order valence-corrected chi connectivity index (χ3v) is 13.6. The molecule has 4 aromatic carbocycles. The number of rotatable bonds is 7. The zero-order valence-electron chi connectivity index (χ0n) is 27.4. The van der Waals surface area contributed by atoms with Gasteiger partial charge in [-0.05, 0) is 75.6 Å². The lowest BCUT2D eigenvalue weighted by Gasteiger charge is -2.40. The van der Waals surface area contributed by atoms with E-state index in [0.717, 1.165) is 22.2 Å². The van der Waals surface area contributed by atoms with E-state index in [-0.39, 0.29) is 19.0 Å². The van der Waals surface area contributed by atoms with Gasteiger partial charge in [0, 0.05) is 50.9 Å². The third-order valence-electron chi connectivity index (χ3n) is 9.83. The summed E-state index contributed by atoms with van der Waals surface area (Å²) in [6.07, 6.45) is 4.10. The number of fused-ring (bicyclic) bond motifs is 1. The Hall–Kier alpha value is -4.69. The minimum absolute atomic E-state index is 0.151. The van der Waals surface area contributed by atoms with Crippen LogP contribution in [-0.2, 0) is 15.4 Å². The molecule has 5 aromatic rings. The van der Waals surface area contributed by atoms with Crippen LogP contribution < -0.4 is 4.90 Å². The predicted octanol–water partition coefficient (Wildman–Crippen LogP) is 6.49. The largest absolute Gasteiger partial charge is 0.370 e. The Labute approximate surface area is 291 Å². The number of piperidine rings is 1. The molecule has 1 amide bonds. The molecule has 250 valence electrons. The van der Waals surface area contributed by atoms with Crippen LogP contribution in [0.15, 0.2) is 130 Å². The maximum absolute atomic E-state index is 14.0. The number of amides is 1. The van der Waals surface area contributed by atoms with E-state index in [2.05, 4.69) is 88.7 Å². The Morgan fingerprint density at radius 3 is 1.88 bits per heavy atom. The van der Waals surface area contributed by atoms with E-state index >= 15 is 0 Å². The molecule has 3 heterocycles. The third kappa shape index (κ3) is 6.54. The summed E-state index contributed by atoms with van der Waals surface area (Å²) < 4.78 is 25.6. The molecule has 7 rings (SSSR count). The highest BCUT2D eigenvalue weighted by atomic mass is 32.2. The number of pyridine rings is 1. The number of nitriles is 1. The molecule has 0 N–H and O–H groups in total. The molecule has 10 heteroatoms. The number of benzene rings is 4. The first-order valence-electron chi connectivity index (χ1n) is 16.6. The van der Waals surface area contributed by atoms with Crippen LogP contribution in [-0.4, -0.2) is 74.0 Å². The Kier molecular flexibility index (Phi) is 9.16. The van der Waals surface area contributed by atoms with Crippen LogP contribution in [0.2, 0.25) is 0 Å². The number of nitrogens with zero attached hydrogens (tertiary/aromatic N) is 5. The molecule has 0 saturated carbocycles. The average Bonchev–Trinajstić information content (AvgIpc) is 3.15. The summed E-state index contributed by atoms with van der Waals surface area (Å²) in [6.45, 7) is 2.39. The number of thiol groups is 1. The number of hydrogen-bond acceptors (Lipinski definition) is 6. The smallest absolute Gasteiger partial charge is 0.257 e. The van der Waals surface area contributed by atoms with E-state index in [1.54, 1.807) is 11.1 Å². The fourth-order valence-electron chi connectivity index (χ4n) is 7.13. The van der Waals surface area contributed by atoms with Gasteiger partial charge in [0.25, 0.3) is 5.91 Å². The van der Waals surface area contributed by atoms with Crippen molar-refractivity contribution in [3.8, 4) is 6.07 Å². The normalized spacial score (nSPS) is 17.0. The number of sulfonamides is 1. The first-order chi connectivity index (χ1) is 23.8. The minimum Gasteiger partial charge on any atom is -0.370 e. The molecule has 8 nitrogen and oxygen atoms in total. The van der Waals surface area contributed by atoms with Crippen LogP contribution in [0.5, 0.6) is 0 Å². The van der Waals surface area contributed by atoms with Crippen molar-refractivity contribution in [2.45, 2.75) is 32.9 Å². The van der Waals surface area contributed by atoms with E-state index in [4.69, 9.17) is 0 Å². The molecular formula is C39H39N5O3S2. The second-order valence-corrected chi connectivity index (χ2v) is 16.9. The van der Waals surface area contributed by atoms with Gasteiger partial charge >= 0.3 is 0 Å². The van der Waals surface area contributed by atoms with Gasteiger partial charge in [-0.2, -0.15) is 20.5 Å². The molecule has 0 aliphatic carbocycles. The summed E-state index contributed by atoms with van der Waals surface area (Å²) in [5, 5.41) is 11.6. The topological polar surface area (TPSA) is 97.6 Å². The van der Waals surface area contributed by atoms with E-state index in [0.29, 0.717) is 44.6 Å². The van der Waals surface area contributed by atoms with Crippen LogP contribution in [0.1, 0.15) is 28.8 Å². The van der Waals surface area contributed by atoms with Crippen LogP contribution in [0.3, 0.4) is 0 Å². The highest BCUT2D eigenvalue weighted by Crippen LogP contribution is 2.51. The van der Waals surface area contributed by atoms with Gasteiger partial charge in [0.05, 0.1) is 34.5 Å². The van der Waals surface area contributed by atoms with E-state index in [1.807, 2.05) is 36.4 Å². The second-order valence-electron chi connectivity index (χ2n) is 12.7. The van der Waals surface area contributed by atoms with Crippen LogP contribution >= 0.6 is 10.9 Å². The highest BCUT2D eigenvalue weighted by Gasteiger charge is 2.38. The molecule has 0 radical (unpaired) electrons. The molecule has 0 atom stereocenters. The molecule has 2 saturated heterocycles. The van der Waals surface area contributed by atoms with Gasteiger partial charge in [-0.25, -0.2) is 8.42 Å². The number of carbonyl (C=O) groups excluding carboxylic acids is 1. The Balaban J connectivity index is 1.15. The highest BCUT2D eigenvalue weighted by molar-refractivity contribution is 8.17. The van der Waals surface area contributed by atoms with Gasteiger partial charge in [0.2, 0.25) is 10.0 Å². The van der Waals surface area contributed by atoms with Crippen LogP contribution in [0.4, 0.5) is 5.69 Å². The maximum Gasteiger partial charge on any atom is 0.257 e. The van der Waals surface area contributed by atoms with Crippen molar-refractivity contribution in [1.29, 1.82) is 5.26 Å². The van der Waals surface area contributed by atoms with E-state index in [1.165, 1.54) is 25.2 Å². The summed E-state index contributed by atoms with van der Waals surface area (Å²) in [4.78, 5) is 26.4. The van der Waals surface area contributed by atoms with Gasteiger partial charge in [-0.1, -0.05) is 66.7 Å². The quantitative estimate of drug-likeness (QED) is 0.196. The summed E-state index contributed by atoms with van der Waals surface area (Å²) in [6, 6.07) is 40.4. The lowest BCUT2D eigenvalue weighted by Crippen LogP contribution is -2.50. The van der Waals surface area contributed by atoms with Crippen LogP contribution in [0.25, 0.3) is 10.9 Å². The number of carbonyl (C=O) groups is 1. The summed E-state index contributed by atoms with van der Waals surface area (Å²) in [5.41, 5.74) is 2.52. The van der Waals surface area contributed by atoms with Crippen molar-refractivity contribution in [1.82, 2.24) is 14.2 Å². The maximum atomic E-state index is 14.0. The zero-order valence-corrected chi connectivity index (χ0v) is 29.2. The average molecular weight is 690 g/mol. The summed E-state index contributed by atoms with van der Waals surface area (Å²) in [5.74, 6) is -0.151. The van der Waals surface area contributed by atoms with Gasteiger partial charge in [0.1, 0.15) is 0 Å². The van der Waals surface area contributed by atoms with Crippen molar-refractivity contribution in [2.75, 3.05) is 50.4 Å². The van der Waals surface area contributed by atoms with Gasteiger partial charge in [-0.3, -0.25) is 9.78 Å². The van der Waals surface area contributed by atoms with E-state index < -0.39 is 26.3 Å². The van der Waals surface area contributed by atoms with Gasteiger partial charge in [-0.15, -0.1) is 0 Å². The molecular weight excluding hydrogens is 651 g/mol. The molecule has 1 aromatic heterocycles. The van der Waals surface area contributed by atoms with Crippen molar-refractivity contribution in [3.63, 3.8) is 0 Å². The van der Waals surface area contributed by atoms with Gasteiger partial charge in [0.15, 0.2) is 0 Å². The van der Waals surface area contributed by atoms with Crippen molar-refractivity contribution in [2.24, 2.45) is 0 Å². The molecule has 2 fully saturated rings. The first kappa shape index (κ1) is 32.8. The molecule has 0 bridgehead atoms. The molecule has 2 aliphatic rings. The van der Waals surface area contributed by atoms with Crippen LogP contribution in [0, 0.1) is 11.3 Å². The van der Waals surface area contributed by atoms with E-state index in [9.17, 15) is 18.5 Å². The number of hydrogen-bond donors (Lipinski definition) is 1. The minimum atomic E-state index is -3.31. The molecule has 0 spiro atoms. The summed E-state index contributed by atoms with van der Waals surface area (Å²) in [7, 11) is -4.05. The monoisotopic (exact) mass is 689 g/mol. The lowest BCUT2D eigenvalue weighted by atomic mass is 9.74. The second kappa shape index (κ2) is 13.7. The molecule has 49 heavy (non-hydrogen) atoms. The number of aromatic nitrogens is 1. The number of piperazine rings is 1. The number of anilines is 1. The zero-order chi connectivity index (χ0) is 34.0.